The van der Waals surface area contributed by atoms with Gasteiger partial charge >= 0.3 is 0 Å². The highest BCUT2D eigenvalue weighted by Gasteiger charge is 2.32. The van der Waals surface area contributed by atoms with E-state index in [0.29, 0.717) is 12.5 Å². The van der Waals surface area contributed by atoms with Crippen molar-refractivity contribution in [1.82, 2.24) is 4.90 Å². The Kier molecular flexibility index (Phi) is 3.44. The van der Waals surface area contributed by atoms with Crippen LogP contribution >= 0.6 is 0 Å². The van der Waals surface area contributed by atoms with E-state index in [1.165, 1.54) is 24.0 Å². The molecular formula is C16H20N2O. The summed E-state index contributed by atoms with van der Waals surface area (Å²) >= 11 is 0. The molecule has 1 heterocycles. The largest absolute Gasteiger partial charge is 0.488 e. The fraction of sp³-hybridized carbons (Fsp3) is 0.562. The summed E-state index contributed by atoms with van der Waals surface area (Å²) in [6.45, 7) is 3.97. The van der Waals surface area contributed by atoms with E-state index in [4.69, 9.17) is 10.00 Å². The molecule has 3 rings (SSSR count). The van der Waals surface area contributed by atoms with Gasteiger partial charge in [-0.15, -0.1) is 0 Å². The van der Waals surface area contributed by atoms with Crippen molar-refractivity contribution in [3.8, 4) is 11.8 Å². The monoisotopic (exact) mass is 256 g/mol. The van der Waals surface area contributed by atoms with Crippen LogP contribution in [0.15, 0.2) is 18.2 Å². The van der Waals surface area contributed by atoms with Gasteiger partial charge in [0.15, 0.2) is 0 Å². The Labute approximate surface area is 114 Å². The van der Waals surface area contributed by atoms with Crippen LogP contribution in [-0.4, -0.2) is 30.1 Å². The van der Waals surface area contributed by atoms with Gasteiger partial charge in [-0.05, 0) is 31.4 Å². The molecule has 0 radical (unpaired) electrons. The quantitative estimate of drug-likeness (QED) is 0.812. The highest BCUT2D eigenvalue weighted by atomic mass is 16.5. The Morgan fingerprint density at radius 2 is 2.26 bits per heavy atom. The molecule has 2 aliphatic rings. The lowest BCUT2D eigenvalue weighted by molar-refractivity contribution is 0.146. The Hall–Kier alpha value is -1.53. The SMILES string of the molecule is Cc1ccc2c(c1)CC(CN(CCC#N)C1CC1)O2. The lowest BCUT2D eigenvalue weighted by atomic mass is 10.1. The lowest BCUT2D eigenvalue weighted by Gasteiger charge is -2.24. The van der Waals surface area contributed by atoms with Gasteiger partial charge in [-0.1, -0.05) is 17.7 Å². The summed E-state index contributed by atoms with van der Waals surface area (Å²) in [7, 11) is 0. The van der Waals surface area contributed by atoms with Crippen LogP contribution < -0.4 is 4.74 Å². The van der Waals surface area contributed by atoms with Gasteiger partial charge in [0.2, 0.25) is 0 Å². The standard InChI is InChI=1S/C16H20N2O/c1-12-3-6-16-13(9-12)10-15(19-16)11-18(8-2-7-17)14-4-5-14/h3,6,9,14-15H,2,4-5,8,10-11H2,1H3. The van der Waals surface area contributed by atoms with Crippen molar-refractivity contribution < 1.29 is 4.74 Å². The molecule has 1 saturated carbocycles. The molecule has 0 N–H and O–H groups in total. The summed E-state index contributed by atoms with van der Waals surface area (Å²) in [5.74, 6) is 1.05. The van der Waals surface area contributed by atoms with Gasteiger partial charge in [0.25, 0.3) is 0 Å². The Morgan fingerprint density at radius 3 is 3.00 bits per heavy atom. The zero-order valence-electron chi connectivity index (χ0n) is 11.4. The van der Waals surface area contributed by atoms with Crippen LogP contribution in [0.3, 0.4) is 0 Å². The van der Waals surface area contributed by atoms with Crippen molar-refractivity contribution in [2.75, 3.05) is 13.1 Å². The molecule has 0 spiro atoms. The molecule has 1 aromatic carbocycles. The molecule has 1 fully saturated rings. The molecule has 0 amide bonds. The minimum Gasteiger partial charge on any atom is -0.488 e. The third-order valence-electron chi connectivity index (χ3n) is 3.97. The van der Waals surface area contributed by atoms with Crippen LogP contribution in [0.1, 0.15) is 30.4 Å². The molecule has 1 unspecified atom stereocenters. The molecule has 3 heteroatoms. The highest BCUT2D eigenvalue weighted by molar-refractivity contribution is 5.40. The molecule has 0 bridgehead atoms. The van der Waals surface area contributed by atoms with E-state index in [0.717, 1.165) is 25.3 Å². The van der Waals surface area contributed by atoms with E-state index in [2.05, 4.69) is 36.1 Å². The van der Waals surface area contributed by atoms with Gasteiger partial charge in [-0.25, -0.2) is 0 Å². The number of nitrogens with zero attached hydrogens (tertiary/aromatic N) is 2. The maximum atomic E-state index is 8.74. The fourth-order valence-corrected chi connectivity index (χ4v) is 2.87. The van der Waals surface area contributed by atoms with Gasteiger partial charge in [-0.3, -0.25) is 4.90 Å². The van der Waals surface area contributed by atoms with Crippen LogP contribution in [0, 0.1) is 18.3 Å². The molecule has 1 aliphatic carbocycles. The Morgan fingerprint density at radius 1 is 1.42 bits per heavy atom. The van der Waals surface area contributed by atoms with Crippen LogP contribution in [-0.2, 0) is 6.42 Å². The molecule has 1 atom stereocenters. The second kappa shape index (κ2) is 5.22. The number of fused-ring (bicyclic) bond motifs is 1. The van der Waals surface area contributed by atoms with Crippen molar-refractivity contribution in [2.24, 2.45) is 0 Å². The average Bonchev–Trinajstić information content (AvgIpc) is 3.15. The van der Waals surface area contributed by atoms with E-state index < -0.39 is 0 Å². The molecule has 19 heavy (non-hydrogen) atoms. The Bertz CT molecular complexity index is 502. The second-order valence-electron chi connectivity index (χ2n) is 5.69. The molecule has 3 nitrogen and oxygen atoms in total. The normalized spacial score (nSPS) is 21.0. The molecule has 1 aromatic rings. The predicted molar refractivity (Wildman–Crippen MR) is 74.1 cm³/mol. The highest BCUT2D eigenvalue weighted by Crippen LogP contribution is 2.32. The lowest BCUT2D eigenvalue weighted by Crippen LogP contribution is -2.37. The van der Waals surface area contributed by atoms with E-state index in [9.17, 15) is 0 Å². The summed E-state index contributed by atoms with van der Waals surface area (Å²) in [6.07, 6.45) is 4.45. The van der Waals surface area contributed by atoms with Crippen LogP contribution in [0.2, 0.25) is 0 Å². The third kappa shape index (κ3) is 2.90. The first-order chi connectivity index (χ1) is 9.26. The van der Waals surface area contributed by atoms with Crippen molar-refractivity contribution in [1.29, 1.82) is 5.26 Å². The first-order valence-electron chi connectivity index (χ1n) is 7.13. The van der Waals surface area contributed by atoms with Gasteiger partial charge in [-0.2, -0.15) is 5.26 Å². The van der Waals surface area contributed by atoms with Gasteiger partial charge < -0.3 is 4.74 Å². The summed E-state index contributed by atoms with van der Waals surface area (Å²) in [6, 6.07) is 9.36. The first-order valence-corrected chi connectivity index (χ1v) is 7.13. The van der Waals surface area contributed by atoms with Crippen molar-refractivity contribution in [2.45, 2.75) is 44.8 Å². The van der Waals surface area contributed by atoms with E-state index >= 15 is 0 Å². The number of rotatable bonds is 5. The summed E-state index contributed by atoms with van der Waals surface area (Å²) in [5, 5.41) is 8.74. The van der Waals surface area contributed by atoms with Gasteiger partial charge in [0.05, 0.1) is 6.07 Å². The van der Waals surface area contributed by atoms with E-state index in [1.807, 2.05) is 0 Å². The average molecular weight is 256 g/mol. The van der Waals surface area contributed by atoms with Crippen molar-refractivity contribution >= 4 is 0 Å². The molecule has 0 saturated heterocycles. The topological polar surface area (TPSA) is 36.3 Å². The fourth-order valence-electron chi connectivity index (χ4n) is 2.87. The Balaban J connectivity index is 1.61. The number of hydrogen-bond acceptors (Lipinski definition) is 3. The summed E-state index contributed by atoms with van der Waals surface area (Å²) < 4.78 is 6.03. The van der Waals surface area contributed by atoms with Gasteiger partial charge in [0, 0.05) is 32.0 Å². The zero-order chi connectivity index (χ0) is 13.2. The molecule has 0 aromatic heterocycles. The van der Waals surface area contributed by atoms with Gasteiger partial charge in [0.1, 0.15) is 11.9 Å². The van der Waals surface area contributed by atoms with Crippen LogP contribution in [0.4, 0.5) is 0 Å². The number of benzene rings is 1. The smallest absolute Gasteiger partial charge is 0.123 e. The number of aryl methyl sites for hydroxylation is 1. The van der Waals surface area contributed by atoms with Crippen molar-refractivity contribution in [3.05, 3.63) is 29.3 Å². The number of ether oxygens (including phenoxy) is 1. The first kappa shape index (κ1) is 12.5. The number of hydrogen-bond donors (Lipinski definition) is 0. The summed E-state index contributed by atoms with van der Waals surface area (Å²) in [4.78, 5) is 2.44. The van der Waals surface area contributed by atoms with E-state index in [-0.39, 0.29) is 6.10 Å². The number of nitriles is 1. The minimum atomic E-state index is 0.260. The maximum absolute atomic E-state index is 8.74. The van der Waals surface area contributed by atoms with Crippen LogP contribution in [0.5, 0.6) is 5.75 Å². The zero-order valence-corrected chi connectivity index (χ0v) is 11.4. The minimum absolute atomic E-state index is 0.260. The second-order valence-corrected chi connectivity index (χ2v) is 5.69. The molecule has 1 aliphatic heterocycles. The van der Waals surface area contributed by atoms with E-state index in [1.54, 1.807) is 0 Å². The summed E-state index contributed by atoms with van der Waals surface area (Å²) in [5.41, 5.74) is 2.63. The predicted octanol–water partition coefficient (Wildman–Crippen LogP) is 2.68. The van der Waals surface area contributed by atoms with Crippen LogP contribution in [0.25, 0.3) is 0 Å². The maximum Gasteiger partial charge on any atom is 0.123 e. The molecule has 100 valence electrons. The molecular weight excluding hydrogens is 236 g/mol. The third-order valence-corrected chi connectivity index (χ3v) is 3.97. The van der Waals surface area contributed by atoms with Crippen molar-refractivity contribution in [3.63, 3.8) is 0 Å².